The van der Waals surface area contributed by atoms with Crippen molar-refractivity contribution in [2.24, 2.45) is 40.9 Å². The number of carbonyl (C=O) groups is 12. The van der Waals surface area contributed by atoms with E-state index in [1.807, 2.05) is 26.8 Å². The second kappa shape index (κ2) is 38.1. The molecule has 0 radical (unpaired) electrons. The van der Waals surface area contributed by atoms with Crippen LogP contribution in [-0.4, -0.2) is 282 Å². The molecule has 12 atom stereocenters. The van der Waals surface area contributed by atoms with E-state index in [4.69, 9.17) is 4.74 Å². The van der Waals surface area contributed by atoms with Crippen molar-refractivity contribution in [1.82, 2.24) is 60.0 Å². The summed E-state index contributed by atoms with van der Waals surface area (Å²) < 4.78 is 79.2. The summed E-state index contributed by atoms with van der Waals surface area (Å²) in [5.74, 6) is -13.2. The van der Waals surface area contributed by atoms with E-state index in [2.05, 4.69) is 29.5 Å². The SMILES string of the molecule is C=CCN1CC(=O)N(C)[C@H]2C/C=C\CCN(C2=O)[C@@H](CC2CCC(C)CC2)C(=O)N(C)CC(=O)N[C@@H](CCC2CC(F)C(C(F)(F)F)C(F)C2)C(=O)N2C[C@H](OCC)C[C@H]2C(=O)NC2(CC(C)(C)C2)C(=O)N(C)[C@@H](C2CCCC2)C(=O)N(C)[C@H](C(=O)N(C)C)CC(=O)N(C)[C@@H](CCC)C(=O)N[C@@H]([C@@H](C)CC)C1=O. The Morgan fingerprint density at radius 1 is 0.713 bits per heavy atom. The Balaban J connectivity index is 1.34. The Labute approximate surface area is 635 Å². The van der Waals surface area contributed by atoms with E-state index in [1.165, 1.54) is 89.7 Å². The van der Waals surface area contributed by atoms with Gasteiger partial charge in [-0.1, -0.05) is 111 Å². The predicted octanol–water partition coefficient (Wildman–Crippen LogP) is 6.75. The highest BCUT2D eigenvalue weighted by Crippen LogP contribution is 2.50. The molecule has 0 aromatic heterocycles. The number of halogens is 5. The molecule has 7 rings (SSSR count). The summed E-state index contributed by atoms with van der Waals surface area (Å²) in [5.41, 5.74) is -2.29. The van der Waals surface area contributed by atoms with Gasteiger partial charge in [0.05, 0.1) is 19.1 Å². The van der Waals surface area contributed by atoms with Crippen LogP contribution in [0.1, 0.15) is 190 Å². The van der Waals surface area contributed by atoms with Crippen molar-refractivity contribution in [2.45, 2.75) is 268 Å². The van der Waals surface area contributed by atoms with Gasteiger partial charge < -0.3 is 64.8 Å². The molecule has 0 aromatic rings. The minimum atomic E-state index is -5.18. The monoisotopic (exact) mass is 1530 g/mol. The fourth-order valence-electron chi connectivity index (χ4n) is 17.9. The minimum Gasteiger partial charge on any atom is -0.377 e. The summed E-state index contributed by atoms with van der Waals surface area (Å²) in [5, 5.41) is 8.66. The third-order valence-corrected chi connectivity index (χ3v) is 24.2. The number of nitrogens with zero attached hydrogens (tertiary/aromatic N) is 9. The van der Waals surface area contributed by atoms with Crippen molar-refractivity contribution >= 4 is 70.9 Å². The van der Waals surface area contributed by atoms with Gasteiger partial charge in [-0.2, -0.15) is 13.2 Å². The van der Waals surface area contributed by atoms with Crippen LogP contribution < -0.4 is 16.0 Å². The fourth-order valence-corrected chi connectivity index (χ4v) is 17.9. The largest absolute Gasteiger partial charge is 0.397 e. The topological polar surface area (TPSA) is 279 Å². The lowest BCUT2D eigenvalue weighted by Gasteiger charge is -2.54. The Bertz CT molecular complexity index is 3230. The first-order chi connectivity index (χ1) is 50.7. The van der Waals surface area contributed by atoms with E-state index in [0.717, 1.165) is 35.5 Å². The minimum absolute atomic E-state index is 0.00215. The molecule has 608 valence electrons. The fraction of sp³-hybridized carbons (Fsp3) is 0.795. The van der Waals surface area contributed by atoms with Gasteiger partial charge in [-0.25, -0.2) is 8.78 Å². The first kappa shape index (κ1) is 88.0. The zero-order valence-corrected chi connectivity index (χ0v) is 66.3. The van der Waals surface area contributed by atoms with Gasteiger partial charge in [-0.3, -0.25) is 57.5 Å². The molecule has 2 bridgehead atoms. The maximum Gasteiger partial charge on any atom is 0.397 e. The van der Waals surface area contributed by atoms with Crippen LogP contribution in [0.5, 0.6) is 0 Å². The molecule has 0 aromatic carbocycles. The summed E-state index contributed by atoms with van der Waals surface area (Å²) in [6.45, 7) is 15.2. The van der Waals surface area contributed by atoms with Crippen LogP contribution in [0.2, 0.25) is 0 Å². The molecule has 4 saturated carbocycles. The number of hydrogen-bond acceptors (Lipinski definition) is 13. The van der Waals surface area contributed by atoms with Crippen molar-refractivity contribution in [1.29, 1.82) is 0 Å². The lowest BCUT2D eigenvalue weighted by Crippen LogP contribution is -2.71. The molecule has 6 fully saturated rings. The molecule has 108 heavy (non-hydrogen) atoms. The van der Waals surface area contributed by atoms with Gasteiger partial charge in [0.2, 0.25) is 70.9 Å². The van der Waals surface area contributed by atoms with Crippen molar-refractivity contribution in [2.75, 3.05) is 88.7 Å². The first-order valence-electron chi connectivity index (χ1n) is 39.3. The molecular weight excluding hydrogens is 1410 g/mol. The third kappa shape index (κ3) is 21.2. The molecule has 7 aliphatic rings. The lowest BCUT2D eigenvalue weighted by molar-refractivity contribution is -0.219. The summed E-state index contributed by atoms with van der Waals surface area (Å²) in [4.78, 5) is 194. The highest BCUT2D eigenvalue weighted by atomic mass is 19.4. The molecule has 1 spiro atoms. The van der Waals surface area contributed by atoms with Crippen molar-refractivity contribution in [3.05, 3.63) is 24.8 Å². The molecule has 12 amide bonds. The van der Waals surface area contributed by atoms with Crippen molar-refractivity contribution < 1.29 is 84.2 Å². The number of hydrogen-bond donors (Lipinski definition) is 3. The van der Waals surface area contributed by atoms with E-state index < -0.39 is 217 Å². The zero-order chi connectivity index (χ0) is 80.2. The van der Waals surface area contributed by atoms with Gasteiger partial charge in [0.1, 0.15) is 78.7 Å². The van der Waals surface area contributed by atoms with Crippen molar-refractivity contribution in [3.8, 4) is 0 Å². The predicted molar refractivity (Wildman–Crippen MR) is 394 cm³/mol. The number of carbonyl (C=O) groups excluding carboxylic acids is 12. The van der Waals surface area contributed by atoms with Crippen LogP contribution in [0.3, 0.4) is 0 Å². The molecule has 3 aliphatic heterocycles. The number of fused-ring (bicyclic) bond motifs is 3. The second-order valence-corrected chi connectivity index (χ2v) is 33.2. The molecule has 3 heterocycles. The molecule has 4 aliphatic carbocycles. The van der Waals surface area contributed by atoms with Crippen LogP contribution in [0.25, 0.3) is 0 Å². The van der Waals surface area contributed by atoms with E-state index in [-0.39, 0.29) is 77.1 Å². The second-order valence-electron chi connectivity index (χ2n) is 33.2. The number of rotatable bonds is 15. The molecule has 2 unspecified atom stereocenters. The van der Waals surface area contributed by atoms with Gasteiger partial charge >= 0.3 is 6.18 Å². The van der Waals surface area contributed by atoms with Gasteiger partial charge in [0, 0.05) is 82.0 Å². The van der Waals surface area contributed by atoms with Gasteiger partial charge in [-0.15, -0.1) is 6.58 Å². The Morgan fingerprint density at radius 3 is 1.93 bits per heavy atom. The van der Waals surface area contributed by atoms with Crippen LogP contribution in [0, 0.1) is 40.9 Å². The van der Waals surface area contributed by atoms with Crippen LogP contribution >= 0.6 is 0 Å². The average molecular weight is 1530 g/mol. The quantitative estimate of drug-likeness (QED) is 0.113. The first-order valence-corrected chi connectivity index (χ1v) is 39.3. The summed E-state index contributed by atoms with van der Waals surface area (Å²) >= 11 is 0. The van der Waals surface area contributed by atoms with Crippen molar-refractivity contribution in [3.63, 3.8) is 0 Å². The Morgan fingerprint density at radius 2 is 1.35 bits per heavy atom. The van der Waals surface area contributed by atoms with E-state index in [9.17, 15) is 37.1 Å². The summed E-state index contributed by atoms with van der Waals surface area (Å²) in [6, 6.07) is -10.7. The number of alkyl halides is 5. The number of ether oxygens (including phenoxy) is 1. The van der Waals surface area contributed by atoms with Gasteiger partial charge in [0.15, 0.2) is 0 Å². The zero-order valence-electron chi connectivity index (χ0n) is 66.3. The Kier molecular flexibility index (Phi) is 31.0. The van der Waals surface area contributed by atoms with Gasteiger partial charge in [0.25, 0.3) is 0 Å². The summed E-state index contributed by atoms with van der Waals surface area (Å²) in [7, 11) is 9.91. The highest BCUT2D eigenvalue weighted by molar-refractivity contribution is 6.01. The number of amides is 12. The Hall–Kier alpha value is -7.27. The average Bonchev–Trinajstić information content (AvgIpc) is 0.858. The molecule has 25 nitrogen and oxygen atoms in total. The van der Waals surface area contributed by atoms with Crippen LogP contribution in [0.15, 0.2) is 24.8 Å². The molecule has 30 heteroatoms. The van der Waals surface area contributed by atoms with Gasteiger partial charge in [-0.05, 0) is 119 Å². The highest BCUT2D eigenvalue weighted by Gasteiger charge is 2.60. The summed E-state index contributed by atoms with van der Waals surface area (Å²) in [6.07, 6.45) is -2.18. The molecule has 2 saturated heterocycles. The van der Waals surface area contributed by atoms with E-state index in [0.29, 0.717) is 50.9 Å². The smallest absolute Gasteiger partial charge is 0.377 e. The normalized spacial score (nSPS) is 32.2. The maximum absolute atomic E-state index is 15.8. The lowest BCUT2D eigenvalue weighted by atomic mass is 9.58. The third-order valence-electron chi connectivity index (χ3n) is 24.2. The number of likely N-dealkylation sites (N-methyl/N-ethyl adjacent to an activating group) is 6. The molecular formula is C78H123F5N12O13. The maximum atomic E-state index is 15.8. The van der Waals surface area contributed by atoms with E-state index in [1.54, 1.807) is 26.8 Å². The number of nitrogens with one attached hydrogen (secondary N) is 3. The van der Waals surface area contributed by atoms with Crippen LogP contribution in [0.4, 0.5) is 22.0 Å². The molecule has 3 N–H and O–H groups in total. The van der Waals surface area contributed by atoms with Crippen LogP contribution in [-0.2, 0) is 62.3 Å². The van der Waals surface area contributed by atoms with E-state index >= 15 is 42.3 Å². The standard InChI is InChI=1S/C78H123F5N12O13/c1-16-25-56-67(99)85-65(48(6)18-3)73(105)93(35-17-2)44-63(98)90(13)57-28-21-20-24-36-94(72(57)104)60(39-49-31-29-47(5)30-32-49)71(103)88(11)43-61(96)84-55(34-33-50-37-53(79)64(54(80)38-50)78(81,82)83)69(101)95-42-52(108-19-4)40-58(95)68(100)86-77(45-76(7,8)46-77)75(107)92(15)66(51-26-22-23-27-51)74(106)91(14)59(70(102)87(9)10)41-62(97)89(56)12/h17,20-21,47-60,64-66H,2,16,18-19,22-46H2,1,3-15H3,(H,84,96)(H,85,99)(H,86,100)/b21-20-/t47?,48-,49?,50?,52+,53?,54?,55-,56-,57-,58-,59-,60-,64?,65-,66-/m0/s1.